The summed E-state index contributed by atoms with van der Waals surface area (Å²) in [6, 6.07) is 0.622. The maximum atomic E-state index is 10.3. The normalized spacial score (nSPS) is 22.7. The lowest BCUT2D eigenvalue weighted by molar-refractivity contribution is 0.000732. The van der Waals surface area contributed by atoms with Crippen LogP contribution in [0.15, 0.2) is 0 Å². The number of rotatable bonds is 6. The van der Waals surface area contributed by atoms with Gasteiger partial charge in [-0.05, 0) is 39.3 Å². The van der Waals surface area contributed by atoms with Crippen LogP contribution in [0.5, 0.6) is 0 Å². The summed E-state index contributed by atoms with van der Waals surface area (Å²) in [4.78, 5) is 2.27. The second kappa shape index (κ2) is 6.58. The number of piperidine rings is 1. The third-order valence-electron chi connectivity index (χ3n) is 3.82. The SMILES string of the molecule is CCC(O)(CC)CN(C)CC1CCCCN1. The Hall–Kier alpha value is -0.120. The Morgan fingerprint density at radius 2 is 2.00 bits per heavy atom. The Kier molecular flexibility index (Phi) is 5.73. The van der Waals surface area contributed by atoms with Crippen LogP contribution in [0.25, 0.3) is 0 Å². The Labute approximate surface area is 100 Å². The summed E-state index contributed by atoms with van der Waals surface area (Å²) in [6.07, 6.45) is 5.62. The van der Waals surface area contributed by atoms with E-state index in [9.17, 15) is 5.11 Å². The number of nitrogens with zero attached hydrogens (tertiary/aromatic N) is 1. The fourth-order valence-corrected chi connectivity index (χ4v) is 2.50. The first-order chi connectivity index (χ1) is 7.59. The third kappa shape index (κ3) is 4.40. The molecule has 0 bridgehead atoms. The molecule has 1 rings (SSSR count). The van der Waals surface area contributed by atoms with Crippen molar-refractivity contribution in [3.05, 3.63) is 0 Å². The lowest BCUT2D eigenvalue weighted by atomic mass is 9.96. The van der Waals surface area contributed by atoms with Crippen LogP contribution in [0, 0.1) is 0 Å². The molecule has 0 aromatic rings. The average molecular weight is 228 g/mol. The highest BCUT2D eigenvalue weighted by Crippen LogP contribution is 2.16. The topological polar surface area (TPSA) is 35.5 Å². The van der Waals surface area contributed by atoms with E-state index in [1.165, 1.54) is 19.3 Å². The second-order valence-electron chi connectivity index (χ2n) is 5.28. The summed E-state index contributed by atoms with van der Waals surface area (Å²) in [7, 11) is 2.12. The van der Waals surface area contributed by atoms with Gasteiger partial charge in [0.1, 0.15) is 0 Å². The van der Waals surface area contributed by atoms with Crippen molar-refractivity contribution in [3.8, 4) is 0 Å². The van der Waals surface area contributed by atoms with E-state index in [0.717, 1.165) is 32.5 Å². The molecule has 2 N–H and O–H groups in total. The van der Waals surface area contributed by atoms with Crippen molar-refractivity contribution in [1.29, 1.82) is 0 Å². The van der Waals surface area contributed by atoms with Gasteiger partial charge in [-0.2, -0.15) is 0 Å². The molecule has 1 aliphatic heterocycles. The van der Waals surface area contributed by atoms with E-state index >= 15 is 0 Å². The van der Waals surface area contributed by atoms with Crippen molar-refractivity contribution in [3.63, 3.8) is 0 Å². The Morgan fingerprint density at radius 1 is 1.31 bits per heavy atom. The minimum atomic E-state index is -0.497. The molecule has 1 unspecified atom stereocenters. The Balaban J connectivity index is 2.30. The first kappa shape index (κ1) is 13.9. The third-order valence-corrected chi connectivity index (χ3v) is 3.82. The van der Waals surface area contributed by atoms with Crippen molar-refractivity contribution in [2.45, 2.75) is 57.6 Å². The van der Waals surface area contributed by atoms with Gasteiger partial charge in [-0.15, -0.1) is 0 Å². The van der Waals surface area contributed by atoms with Gasteiger partial charge in [0.15, 0.2) is 0 Å². The van der Waals surface area contributed by atoms with Crippen LogP contribution in [-0.4, -0.2) is 48.3 Å². The van der Waals surface area contributed by atoms with Gasteiger partial charge in [-0.1, -0.05) is 20.3 Å². The van der Waals surface area contributed by atoms with Crippen molar-refractivity contribution < 1.29 is 5.11 Å². The molecule has 0 spiro atoms. The largest absolute Gasteiger partial charge is 0.389 e. The molecule has 1 saturated heterocycles. The van der Waals surface area contributed by atoms with Gasteiger partial charge >= 0.3 is 0 Å². The summed E-state index contributed by atoms with van der Waals surface area (Å²) in [5, 5.41) is 13.8. The first-order valence-electron chi connectivity index (χ1n) is 6.74. The molecule has 1 fully saturated rings. The molecule has 0 aliphatic carbocycles. The Bertz CT molecular complexity index is 186. The molecule has 0 aromatic heterocycles. The molecule has 0 amide bonds. The predicted molar refractivity (Wildman–Crippen MR) is 68.7 cm³/mol. The molecular weight excluding hydrogens is 200 g/mol. The van der Waals surface area contributed by atoms with Crippen LogP contribution in [0.2, 0.25) is 0 Å². The van der Waals surface area contributed by atoms with Gasteiger partial charge in [0.2, 0.25) is 0 Å². The van der Waals surface area contributed by atoms with Crippen molar-refractivity contribution in [1.82, 2.24) is 10.2 Å². The number of nitrogens with one attached hydrogen (secondary N) is 1. The number of likely N-dealkylation sites (N-methyl/N-ethyl adjacent to an activating group) is 1. The fourth-order valence-electron chi connectivity index (χ4n) is 2.50. The highest BCUT2D eigenvalue weighted by molar-refractivity contribution is 4.81. The van der Waals surface area contributed by atoms with Gasteiger partial charge in [0, 0.05) is 19.1 Å². The fraction of sp³-hybridized carbons (Fsp3) is 1.00. The van der Waals surface area contributed by atoms with Crippen LogP contribution in [0.3, 0.4) is 0 Å². The molecule has 1 atom stereocenters. The molecule has 16 heavy (non-hydrogen) atoms. The van der Waals surface area contributed by atoms with E-state index < -0.39 is 5.60 Å². The van der Waals surface area contributed by atoms with Crippen LogP contribution in [0.1, 0.15) is 46.0 Å². The van der Waals surface area contributed by atoms with Crippen LogP contribution >= 0.6 is 0 Å². The number of hydrogen-bond acceptors (Lipinski definition) is 3. The zero-order chi connectivity index (χ0) is 12.0. The van der Waals surface area contributed by atoms with E-state index in [2.05, 4.69) is 31.1 Å². The standard InChI is InChI=1S/C13H28N2O/c1-4-13(16,5-2)11-15(3)10-12-8-6-7-9-14-12/h12,14,16H,4-11H2,1-3H3. The van der Waals surface area contributed by atoms with Crippen molar-refractivity contribution in [2.24, 2.45) is 0 Å². The van der Waals surface area contributed by atoms with Crippen molar-refractivity contribution in [2.75, 3.05) is 26.7 Å². The summed E-state index contributed by atoms with van der Waals surface area (Å²) < 4.78 is 0. The maximum Gasteiger partial charge on any atom is 0.0768 e. The maximum absolute atomic E-state index is 10.3. The molecule has 3 nitrogen and oxygen atoms in total. The van der Waals surface area contributed by atoms with Gasteiger partial charge in [0.25, 0.3) is 0 Å². The van der Waals surface area contributed by atoms with Crippen LogP contribution < -0.4 is 5.32 Å². The summed E-state index contributed by atoms with van der Waals surface area (Å²) >= 11 is 0. The first-order valence-corrected chi connectivity index (χ1v) is 6.74. The predicted octanol–water partition coefficient (Wildman–Crippen LogP) is 1.61. The molecule has 0 saturated carbocycles. The second-order valence-corrected chi connectivity index (χ2v) is 5.28. The van der Waals surface area contributed by atoms with E-state index in [4.69, 9.17) is 0 Å². The van der Waals surface area contributed by atoms with Gasteiger partial charge < -0.3 is 15.3 Å². The smallest absolute Gasteiger partial charge is 0.0768 e. The molecule has 3 heteroatoms. The number of aliphatic hydroxyl groups is 1. The van der Waals surface area contributed by atoms with E-state index in [-0.39, 0.29) is 0 Å². The van der Waals surface area contributed by atoms with Gasteiger partial charge in [-0.3, -0.25) is 0 Å². The van der Waals surface area contributed by atoms with Crippen LogP contribution in [0.4, 0.5) is 0 Å². The van der Waals surface area contributed by atoms with Crippen LogP contribution in [-0.2, 0) is 0 Å². The quantitative estimate of drug-likeness (QED) is 0.725. The lowest BCUT2D eigenvalue weighted by Crippen LogP contribution is -2.47. The van der Waals surface area contributed by atoms with E-state index in [0.29, 0.717) is 6.04 Å². The highest BCUT2D eigenvalue weighted by Gasteiger charge is 2.25. The summed E-state index contributed by atoms with van der Waals surface area (Å²) in [5.41, 5.74) is -0.497. The molecule has 96 valence electrons. The monoisotopic (exact) mass is 228 g/mol. The molecule has 0 aromatic carbocycles. The van der Waals surface area contributed by atoms with Crippen molar-refractivity contribution >= 4 is 0 Å². The number of hydrogen-bond donors (Lipinski definition) is 2. The van der Waals surface area contributed by atoms with Gasteiger partial charge in [0.05, 0.1) is 5.60 Å². The van der Waals surface area contributed by atoms with E-state index in [1.54, 1.807) is 0 Å². The van der Waals surface area contributed by atoms with E-state index in [1.807, 2.05) is 0 Å². The highest BCUT2D eigenvalue weighted by atomic mass is 16.3. The van der Waals surface area contributed by atoms with Gasteiger partial charge in [-0.25, -0.2) is 0 Å². The minimum Gasteiger partial charge on any atom is -0.389 e. The zero-order valence-electron chi connectivity index (χ0n) is 11.1. The average Bonchev–Trinajstić information content (AvgIpc) is 2.30. The molecule has 1 heterocycles. The minimum absolute atomic E-state index is 0.497. The zero-order valence-corrected chi connectivity index (χ0v) is 11.1. The lowest BCUT2D eigenvalue weighted by Gasteiger charge is -2.34. The molecule has 0 radical (unpaired) electrons. The summed E-state index contributed by atoms with van der Waals surface area (Å²) in [6.45, 7) is 7.14. The summed E-state index contributed by atoms with van der Waals surface area (Å²) in [5.74, 6) is 0. The molecular formula is C13H28N2O. The Morgan fingerprint density at radius 3 is 2.50 bits per heavy atom. The molecule has 1 aliphatic rings.